The average molecular weight is 363 g/mol. The second-order valence-corrected chi connectivity index (χ2v) is 6.29. The molecule has 1 heterocycles. The van der Waals surface area contributed by atoms with E-state index in [2.05, 4.69) is 10.6 Å². The number of nitrogens with zero attached hydrogens (tertiary/aromatic N) is 1. The molecule has 3 amide bonds. The number of urea groups is 1. The zero-order chi connectivity index (χ0) is 17.8. The largest absolute Gasteiger partial charge is 0.336 e. The summed E-state index contributed by atoms with van der Waals surface area (Å²) in [6.45, 7) is 1.07. The molecule has 0 aromatic heterocycles. The molecule has 1 saturated heterocycles. The summed E-state index contributed by atoms with van der Waals surface area (Å²) in [4.78, 5) is 26.0. The third kappa shape index (κ3) is 4.08. The van der Waals surface area contributed by atoms with Crippen molar-refractivity contribution in [2.45, 2.75) is 10.7 Å². The SMILES string of the molecule is O=C(Nc1ccccc1SC(F)F)c1cccc(N2CCNC2=O)c1. The van der Waals surface area contributed by atoms with Crippen LogP contribution in [0.25, 0.3) is 0 Å². The highest BCUT2D eigenvalue weighted by Gasteiger charge is 2.22. The Morgan fingerprint density at radius 1 is 1.20 bits per heavy atom. The van der Waals surface area contributed by atoms with Crippen LogP contribution in [0.5, 0.6) is 0 Å². The topological polar surface area (TPSA) is 61.4 Å². The fraction of sp³-hybridized carbons (Fsp3) is 0.176. The van der Waals surface area contributed by atoms with E-state index in [1.807, 2.05) is 0 Å². The van der Waals surface area contributed by atoms with E-state index in [0.29, 0.717) is 46.7 Å². The smallest absolute Gasteiger partial charge is 0.321 e. The number of alkyl halides is 2. The van der Waals surface area contributed by atoms with Crippen LogP contribution < -0.4 is 15.5 Å². The first-order chi connectivity index (χ1) is 12.0. The Labute approximate surface area is 147 Å². The summed E-state index contributed by atoms with van der Waals surface area (Å²) >= 11 is 0.377. The molecule has 0 saturated carbocycles. The van der Waals surface area contributed by atoms with Gasteiger partial charge in [-0.3, -0.25) is 9.69 Å². The molecule has 1 aliphatic rings. The molecule has 2 N–H and O–H groups in total. The predicted molar refractivity (Wildman–Crippen MR) is 93.4 cm³/mol. The zero-order valence-corrected chi connectivity index (χ0v) is 13.9. The number of anilines is 2. The molecule has 0 spiro atoms. The number of rotatable bonds is 5. The molecule has 1 fully saturated rings. The van der Waals surface area contributed by atoms with E-state index >= 15 is 0 Å². The second kappa shape index (κ2) is 7.52. The van der Waals surface area contributed by atoms with E-state index in [1.54, 1.807) is 42.5 Å². The molecule has 0 atom stereocenters. The van der Waals surface area contributed by atoms with Gasteiger partial charge in [-0.2, -0.15) is 8.78 Å². The molecule has 2 aromatic rings. The Bertz CT molecular complexity index is 801. The Kier molecular flexibility index (Phi) is 5.18. The van der Waals surface area contributed by atoms with Gasteiger partial charge in [-0.25, -0.2) is 4.79 Å². The van der Waals surface area contributed by atoms with Crippen LogP contribution in [0.4, 0.5) is 25.0 Å². The van der Waals surface area contributed by atoms with E-state index in [1.165, 1.54) is 11.0 Å². The van der Waals surface area contributed by atoms with Crippen LogP contribution in [0.1, 0.15) is 10.4 Å². The number of para-hydroxylation sites is 1. The van der Waals surface area contributed by atoms with Gasteiger partial charge in [0.25, 0.3) is 11.7 Å². The molecule has 8 heteroatoms. The molecule has 0 radical (unpaired) electrons. The van der Waals surface area contributed by atoms with Crippen molar-refractivity contribution in [3.8, 4) is 0 Å². The lowest BCUT2D eigenvalue weighted by atomic mass is 10.1. The Morgan fingerprint density at radius 3 is 2.72 bits per heavy atom. The summed E-state index contributed by atoms with van der Waals surface area (Å²) in [5.74, 6) is -3.00. The number of amides is 3. The molecular weight excluding hydrogens is 348 g/mol. The Morgan fingerprint density at radius 2 is 2.00 bits per heavy atom. The van der Waals surface area contributed by atoms with E-state index in [-0.39, 0.29) is 6.03 Å². The summed E-state index contributed by atoms with van der Waals surface area (Å²) < 4.78 is 25.3. The average Bonchev–Trinajstić information content (AvgIpc) is 3.02. The number of carbonyl (C=O) groups excluding carboxylic acids is 2. The first-order valence-corrected chi connectivity index (χ1v) is 8.43. The molecule has 130 valence electrons. The Hall–Kier alpha value is -2.61. The van der Waals surface area contributed by atoms with Gasteiger partial charge in [-0.05, 0) is 30.3 Å². The van der Waals surface area contributed by atoms with Crippen molar-refractivity contribution in [2.75, 3.05) is 23.3 Å². The van der Waals surface area contributed by atoms with Gasteiger partial charge in [-0.15, -0.1) is 0 Å². The van der Waals surface area contributed by atoms with Crippen molar-refractivity contribution in [1.29, 1.82) is 0 Å². The van der Waals surface area contributed by atoms with E-state index in [9.17, 15) is 18.4 Å². The highest BCUT2D eigenvalue weighted by Crippen LogP contribution is 2.32. The van der Waals surface area contributed by atoms with Gasteiger partial charge >= 0.3 is 6.03 Å². The monoisotopic (exact) mass is 363 g/mol. The maximum absolute atomic E-state index is 12.6. The lowest BCUT2D eigenvalue weighted by Crippen LogP contribution is -2.27. The van der Waals surface area contributed by atoms with Gasteiger partial charge < -0.3 is 10.6 Å². The van der Waals surface area contributed by atoms with Gasteiger partial charge in [0.2, 0.25) is 0 Å². The van der Waals surface area contributed by atoms with Crippen molar-refractivity contribution in [2.24, 2.45) is 0 Å². The van der Waals surface area contributed by atoms with Gasteiger partial charge in [0.15, 0.2) is 0 Å². The van der Waals surface area contributed by atoms with Crippen LogP contribution in [0.2, 0.25) is 0 Å². The fourth-order valence-electron chi connectivity index (χ4n) is 2.50. The molecule has 0 aliphatic carbocycles. The summed E-state index contributed by atoms with van der Waals surface area (Å²) in [6.07, 6.45) is 0. The van der Waals surface area contributed by atoms with Crippen molar-refractivity contribution < 1.29 is 18.4 Å². The number of hydrogen-bond acceptors (Lipinski definition) is 3. The third-order valence-corrected chi connectivity index (χ3v) is 4.42. The number of thioether (sulfide) groups is 1. The number of benzene rings is 2. The highest BCUT2D eigenvalue weighted by atomic mass is 32.2. The van der Waals surface area contributed by atoms with Crippen molar-refractivity contribution in [3.63, 3.8) is 0 Å². The minimum atomic E-state index is -2.57. The minimum absolute atomic E-state index is 0.212. The third-order valence-electron chi connectivity index (χ3n) is 3.63. The first kappa shape index (κ1) is 17.2. The quantitative estimate of drug-likeness (QED) is 0.795. The number of hydrogen-bond donors (Lipinski definition) is 2. The summed E-state index contributed by atoms with van der Waals surface area (Å²) in [7, 11) is 0. The number of nitrogens with one attached hydrogen (secondary N) is 2. The predicted octanol–water partition coefficient (Wildman–Crippen LogP) is 3.78. The Balaban J connectivity index is 1.79. The lowest BCUT2D eigenvalue weighted by molar-refractivity contribution is 0.102. The van der Waals surface area contributed by atoms with E-state index in [0.717, 1.165) is 0 Å². The zero-order valence-electron chi connectivity index (χ0n) is 13.0. The molecule has 25 heavy (non-hydrogen) atoms. The summed E-state index contributed by atoms with van der Waals surface area (Å²) in [6, 6.07) is 12.8. The van der Waals surface area contributed by atoms with Crippen LogP contribution in [-0.2, 0) is 0 Å². The van der Waals surface area contributed by atoms with E-state index < -0.39 is 11.7 Å². The van der Waals surface area contributed by atoms with Gasteiger partial charge in [0, 0.05) is 29.2 Å². The van der Waals surface area contributed by atoms with Crippen LogP contribution in [0.15, 0.2) is 53.4 Å². The summed E-state index contributed by atoms with van der Waals surface area (Å²) in [5, 5.41) is 5.34. The standard InChI is InChI=1S/C17H15F2N3O2S/c18-16(19)25-14-7-2-1-6-13(14)21-15(23)11-4-3-5-12(10-11)22-9-8-20-17(22)24/h1-7,10,16H,8-9H2,(H,20,24)(H,21,23). The highest BCUT2D eigenvalue weighted by molar-refractivity contribution is 7.99. The lowest BCUT2D eigenvalue weighted by Gasteiger charge is -2.15. The maximum Gasteiger partial charge on any atom is 0.321 e. The van der Waals surface area contributed by atoms with Gasteiger partial charge in [-0.1, -0.05) is 30.0 Å². The number of carbonyl (C=O) groups is 2. The first-order valence-electron chi connectivity index (χ1n) is 7.55. The van der Waals surface area contributed by atoms with Gasteiger partial charge in [0.1, 0.15) is 0 Å². The van der Waals surface area contributed by atoms with Crippen LogP contribution >= 0.6 is 11.8 Å². The van der Waals surface area contributed by atoms with Crippen molar-refractivity contribution >= 4 is 35.1 Å². The van der Waals surface area contributed by atoms with Crippen LogP contribution in [0, 0.1) is 0 Å². The molecule has 2 aromatic carbocycles. The normalized spacial score (nSPS) is 13.9. The number of halogens is 2. The minimum Gasteiger partial charge on any atom is -0.336 e. The molecule has 0 bridgehead atoms. The molecule has 1 aliphatic heterocycles. The van der Waals surface area contributed by atoms with E-state index in [4.69, 9.17) is 0 Å². The maximum atomic E-state index is 12.6. The second-order valence-electron chi connectivity index (χ2n) is 5.26. The molecule has 3 rings (SSSR count). The van der Waals surface area contributed by atoms with Crippen molar-refractivity contribution in [1.82, 2.24) is 5.32 Å². The van der Waals surface area contributed by atoms with Crippen LogP contribution in [0.3, 0.4) is 0 Å². The van der Waals surface area contributed by atoms with Gasteiger partial charge in [0.05, 0.1) is 5.69 Å². The fourth-order valence-corrected chi connectivity index (χ4v) is 3.09. The molecular formula is C17H15F2N3O2S. The van der Waals surface area contributed by atoms with Crippen molar-refractivity contribution in [3.05, 3.63) is 54.1 Å². The summed E-state index contributed by atoms with van der Waals surface area (Å²) in [5.41, 5.74) is 1.27. The van der Waals surface area contributed by atoms with Crippen LogP contribution in [-0.4, -0.2) is 30.8 Å². The molecule has 0 unspecified atom stereocenters. The molecule has 5 nitrogen and oxygen atoms in total.